The van der Waals surface area contributed by atoms with Gasteiger partial charge in [0.15, 0.2) is 4.34 Å². The quantitative estimate of drug-likeness (QED) is 0.797. The van der Waals surface area contributed by atoms with Gasteiger partial charge >= 0.3 is 5.97 Å². The Morgan fingerprint density at radius 3 is 2.71 bits per heavy atom. The van der Waals surface area contributed by atoms with E-state index < -0.39 is 0 Å². The minimum absolute atomic E-state index is 0.320. The van der Waals surface area contributed by atoms with E-state index in [1.54, 1.807) is 11.8 Å². The third kappa shape index (κ3) is 2.87. The topological polar surface area (TPSA) is 39.2 Å². The number of nitrogens with zero attached hydrogens (tertiary/aromatic N) is 1. The number of carbonyl (C=O) groups is 1. The number of esters is 1. The molecule has 1 heterocycles. The highest BCUT2D eigenvalue weighted by Crippen LogP contribution is 2.32. The summed E-state index contributed by atoms with van der Waals surface area (Å²) in [6, 6.07) is 9.95. The van der Waals surface area contributed by atoms with Crippen LogP contribution in [-0.2, 0) is 4.74 Å². The maximum Gasteiger partial charge on any atom is 0.350 e. The lowest BCUT2D eigenvalue weighted by atomic mass is 10.4. The zero-order valence-electron chi connectivity index (χ0n) is 9.47. The predicted octanol–water partition coefficient (Wildman–Crippen LogP) is 3.39. The molecule has 0 unspecified atom stereocenters. The normalized spacial score (nSPS) is 10.2. The molecular formula is C12H11NO2S2. The molecule has 0 aliphatic heterocycles. The minimum Gasteiger partial charge on any atom is -0.465 e. The lowest BCUT2D eigenvalue weighted by molar-refractivity contribution is 0.0605. The maximum atomic E-state index is 11.4. The van der Waals surface area contributed by atoms with Crippen LogP contribution in [0.5, 0.6) is 0 Å². The van der Waals surface area contributed by atoms with Crippen molar-refractivity contribution >= 4 is 29.1 Å². The highest BCUT2D eigenvalue weighted by Gasteiger charge is 2.15. The first-order valence-electron chi connectivity index (χ1n) is 4.99. The molecular weight excluding hydrogens is 254 g/mol. The summed E-state index contributed by atoms with van der Waals surface area (Å²) in [5, 5.41) is 0. The van der Waals surface area contributed by atoms with Gasteiger partial charge in [0.05, 0.1) is 12.8 Å². The van der Waals surface area contributed by atoms with Gasteiger partial charge in [-0.25, -0.2) is 9.78 Å². The van der Waals surface area contributed by atoms with Crippen LogP contribution in [0.2, 0.25) is 0 Å². The molecule has 0 bridgehead atoms. The number of hydrogen-bond acceptors (Lipinski definition) is 5. The van der Waals surface area contributed by atoms with E-state index in [9.17, 15) is 4.79 Å². The zero-order chi connectivity index (χ0) is 12.3. The molecule has 88 valence electrons. The Hall–Kier alpha value is -1.33. The monoisotopic (exact) mass is 265 g/mol. The third-order valence-electron chi connectivity index (χ3n) is 2.10. The summed E-state index contributed by atoms with van der Waals surface area (Å²) >= 11 is 2.91. The van der Waals surface area contributed by atoms with Crippen LogP contribution in [0.3, 0.4) is 0 Å². The number of methoxy groups -OCH3 is 1. The highest BCUT2D eigenvalue weighted by atomic mass is 32.2. The Kier molecular flexibility index (Phi) is 3.81. The SMILES string of the molecule is COC(=O)c1sc(Sc2ccccc2)nc1C. The molecule has 0 aliphatic rings. The van der Waals surface area contributed by atoms with Crippen LogP contribution in [0.1, 0.15) is 15.4 Å². The molecule has 3 nitrogen and oxygen atoms in total. The number of benzene rings is 1. The van der Waals surface area contributed by atoms with Crippen LogP contribution in [0.4, 0.5) is 0 Å². The second-order valence-electron chi connectivity index (χ2n) is 3.30. The van der Waals surface area contributed by atoms with Gasteiger partial charge in [-0.15, -0.1) is 11.3 Å². The molecule has 5 heteroatoms. The number of aryl methyl sites for hydroxylation is 1. The smallest absolute Gasteiger partial charge is 0.350 e. The third-order valence-corrected chi connectivity index (χ3v) is 4.30. The Morgan fingerprint density at radius 2 is 2.06 bits per heavy atom. The number of thiazole rings is 1. The summed E-state index contributed by atoms with van der Waals surface area (Å²) in [5.74, 6) is -0.320. The zero-order valence-corrected chi connectivity index (χ0v) is 11.1. The molecule has 0 spiro atoms. The van der Waals surface area contributed by atoms with Crippen molar-refractivity contribution in [2.24, 2.45) is 0 Å². The summed E-state index contributed by atoms with van der Waals surface area (Å²) in [6.45, 7) is 1.82. The van der Waals surface area contributed by atoms with Gasteiger partial charge in [-0.2, -0.15) is 0 Å². The number of aromatic nitrogens is 1. The second kappa shape index (κ2) is 5.33. The average molecular weight is 265 g/mol. The van der Waals surface area contributed by atoms with Crippen LogP contribution < -0.4 is 0 Å². The molecule has 1 aromatic carbocycles. The van der Waals surface area contributed by atoms with E-state index in [2.05, 4.69) is 4.98 Å². The van der Waals surface area contributed by atoms with Gasteiger partial charge in [0.2, 0.25) is 0 Å². The fourth-order valence-corrected chi connectivity index (χ4v) is 3.39. The van der Waals surface area contributed by atoms with Gasteiger partial charge in [-0.1, -0.05) is 30.0 Å². The largest absolute Gasteiger partial charge is 0.465 e. The molecule has 1 aromatic heterocycles. The molecule has 0 fully saturated rings. The fraction of sp³-hybridized carbons (Fsp3) is 0.167. The molecule has 17 heavy (non-hydrogen) atoms. The highest BCUT2D eigenvalue weighted by molar-refractivity contribution is 8.01. The van der Waals surface area contributed by atoms with Gasteiger partial charge in [-0.05, 0) is 19.1 Å². The molecule has 0 atom stereocenters. The summed E-state index contributed by atoms with van der Waals surface area (Å²) in [4.78, 5) is 17.5. The van der Waals surface area contributed by atoms with E-state index in [1.165, 1.54) is 18.4 Å². The Bertz CT molecular complexity index is 523. The van der Waals surface area contributed by atoms with Crippen molar-refractivity contribution in [3.8, 4) is 0 Å². The van der Waals surface area contributed by atoms with Crippen molar-refractivity contribution < 1.29 is 9.53 Å². The van der Waals surface area contributed by atoms with E-state index in [0.717, 1.165) is 14.9 Å². The predicted molar refractivity (Wildman–Crippen MR) is 68.8 cm³/mol. The molecule has 0 saturated heterocycles. The first-order valence-corrected chi connectivity index (χ1v) is 6.62. The molecule has 2 aromatic rings. The van der Waals surface area contributed by atoms with Crippen LogP contribution in [-0.4, -0.2) is 18.1 Å². The Morgan fingerprint density at radius 1 is 1.35 bits per heavy atom. The lowest BCUT2D eigenvalue weighted by Gasteiger charge is -1.95. The average Bonchev–Trinajstić information content (AvgIpc) is 2.70. The summed E-state index contributed by atoms with van der Waals surface area (Å²) in [5.41, 5.74) is 0.722. The molecule has 0 saturated carbocycles. The van der Waals surface area contributed by atoms with Gasteiger partial charge in [0.1, 0.15) is 4.88 Å². The standard InChI is InChI=1S/C12H11NO2S2/c1-8-10(11(14)15-2)17-12(13-8)16-9-6-4-3-5-7-9/h3-7H,1-2H3. The molecule has 0 N–H and O–H groups in total. The van der Waals surface area contributed by atoms with Crippen molar-refractivity contribution in [2.75, 3.05) is 7.11 Å². The van der Waals surface area contributed by atoms with E-state index in [1.807, 2.05) is 37.3 Å². The lowest BCUT2D eigenvalue weighted by Crippen LogP contribution is -1.99. The van der Waals surface area contributed by atoms with E-state index in [-0.39, 0.29) is 5.97 Å². The van der Waals surface area contributed by atoms with Crippen LogP contribution >= 0.6 is 23.1 Å². The molecule has 0 aliphatic carbocycles. The van der Waals surface area contributed by atoms with Gasteiger partial charge in [0.25, 0.3) is 0 Å². The molecule has 0 amide bonds. The molecule has 0 radical (unpaired) electrons. The van der Waals surface area contributed by atoms with Crippen LogP contribution in [0.25, 0.3) is 0 Å². The van der Waals surface area contributed by atoms with Crippen molar-refractivity contribution in [3.63, 3.8) is 0 Å². The van der Waals surface area contributed by atoms with E-state index in [4.69, 9.17) is 4.74 Å². The van der Waals surface area contributed by atoms with Crippen molar-refractivity contribution in [1.82, 2.24) is 4.98 Å². The number of hydrogen-bond donors (Lipinski definition) is 0. The van der Waals surface area contributed by atoms with E-state index in [0.29, 0.717) is 4.88 Å². The maximum absolute atomic E-state index is 11.4. The number of carbonyl (C=O) groups excluding carboxylic acids is 1. The van der Waals surface area contributed by atoms with Gasteiger partial charge in [0, 0.05) is 4.90 Å². The van der Waals surface area contributed by atoms with Crippen molar-refractivity contribution in [3.05, 3.63) is 40.9 Å². The van der Waals surface area contributed by atoms with Crippen LogP contribution in [0, 0.1) is 6.92 Å². The van der Waals surface area contributed by atoms with Crippen LogP contribution in [0.15, 0.2) is 39.6 Å². The van der Waals surface area contributed by atoms with E-state index >= 15 is 0 Å². The van der Waals surface area contributed by atoms with Gasteiger partial charge in [-0.3, -0.25) is 0 Å². The Labute approximate surface area is 108 Å². The summed E-state index contributed by atoms with van der Waals surface area (Å²) in [6.07, 6.45) is 0. The minimum atomic E-state index is -0.320. The fourth-order valence-electron chi connectivity index (χ4n) is 1.29. The Balaban J connectivity index is 2.21. The number of ether oxygens (including phenoxy) is 1. The second-order valence-corrected chi connectivity index (χ2v) is 5.62. The summed E-state index contributed by atoms with van der Waals surface area (Å²) in [7, 11) is 1.38. The van der Waals surface area contributed by atoms with Crippen molar-refractivity contribution in [1.29, 1.82) is 0 Å². The first-order chi connectivity index (χ1) is 8.20. The first kappa shape index (κ1) is 12.1. The number of rotatable bonds is 3. The molecule has 2 rings (SSSR count). The van der Waals surface area contributed by atoms with Gasteiger partial charge < -0.3 is 4.74 Å². The van der Waals surface area contributed by atoms with Crippen molar-refractivity contribution in [2.45, 2.75) is 16.2 Å². The summed E-state index contributed by atoms with van der Waals surface area (Å²) < 4.78 is 5.56.